The molecule has 2 N–H and O–H groups in total. The first-order valence-corrected chi connectivity index (χ1v) is 4.97. The van der Waals surface area contributed by atoms with Crippen LogP contribution in [0.3, 0.4) is 0 Å². The van der Waals surface area contributed by atoms with Crippen LogP contribution in [0.2, 0.25) is 0 Å². The Morgan fingerprint density at radius 3 is 2.80 bits per heavy atom. The second-order valence-electron chi connectivity index (χ2n) is 3.47. The lowest BCUT2D eigenvalue weighted by Crippen LogP contribution is -2.12. The standard InChI is InChI=1S/C12H15F2N/c1-2-3-4-8-11(15)9-6-5-7-10(13)12(9)14/h2,5-7,11H,1,3-4,8,15H2. The monoisotopic (exact) mass is 211 g/mol. The van der Waals surface area contributed by atoms with Crippen molar-refractivity contribution in [3.05, 3.63) is 48.1 Å². The molecule has 3 heteroatoms. The molecule has 15 heavy (non-hydrogen) atoms. The normalized spacial score (nSPS) is 12.5. The molecular weight excluding hydrogens is 196 g/mol. The molecule has 0 bridgehead atoms. The molecule has 0 aliphatic carbocycles. The molecule has 1 nitrogen and oxygen atoms in total. The van der Waals surface area contributed by atoms with Crippen molar-refractivity contribution in [3.8, 4) is 0 Å². The fraction of sp³-hybridized carbons (Fsp3) is 0.333. The van der Waals surface area contributed by atoms with Crippen molar-refractivity contribution in [2.45, 2.75) is 25.3 Å². The van der Waals surface area contributed by atoms with Gasteiger partial charge >= 0.3 is 0 Å². The summed E-state index contributed by atoms with van der Waals surface area (Å²) in [5, 5.41) is 0. The maximum absolute atomic E-state index is 13.3. The number of hydrogen-bond acceptors (Lipinski definition) is 1. The Bertz CT molecular complexity index is 336. The molecule has 0 radical (unpaired) electrons. The lowest BCUT2D eigenvalue weighted by Gasteiger charge is -2.12. The van der Waals surface area contributed by atoms with E-state index in [0.717, 1.165) is 18.9 Å². The van der Waals surface area contributed by atoms with Gasteiger partial charge in [-0.2, -0.15) is 0 Å². The van der Waals surface area contributed by atoms with Crippen molar-refractivity contribution in [2.75, 3.05) is 0 Å². The van der Waals surface area contributed by atoms with E-state index in [2.05, 4.69) is 6.58 Å². The Morgan fingerprint density at radius 2 is 2.13 bits per heavy atom. The average molecular weight is 211 g/mol. The minimum atomic E-state index is -0.841. The van der Waals surface area contributed by atoms with Gasteiger partial charge in [-0.15, -0.1) is 6.58 Å². The van der Waals surface area contributed by atoms with Crippen molar-refractivity contribution >= 4 is 0 Å². The highest BCUT2D eigenvalue weighted by Crippen LogP contribution is 2.21. The highest BCUT2D eigenvalue weighted by Gasteiger charge is 2.13. The summed E-state index contributed by atoms with van der Waals surface area (Å²) < 4.78 is 26.2. The molecule has 0 aliphatic heterocycles. The molecule has 1 aromatic carbocycles. The minimum absolute atomic E-state index is 0.249. The molecule has 0 aliphatic rings. The lowest BCUT2D eigenvalue weighted by atomic mass is 10.0. The number of halogens is 2. The second kappa shape index (κ2) is 5.61. The van der Waals surface area contributed by atoms with Crippen LogP contribution in [-0.4, -0.2) is 0 Å². The summed E-state index contributed by atoms with van der Waals surface area (Å²) in [6.07, 6.45) is 4.09. The number of nitrogens with two attached hydrogens (primary N) is 1. The number of hydrogen-bond donors (Lipinski definition) is 1. The molecule has 82 valence electrons. The van der Waals surface area contributed by atoms with E-state index in [4.69, 9.17) is 5.73 Å². The molecule has 1 rings (SSSR count). The molecule has 0 spiro atoms. The van der Waals surface area contributed by atoms with Crippen molar-refractivity contribution < 1.29 is 8.78 Å². The van der Waals surface area contributed by atoms with Crippen molar-refractivity contribution in [2.24, 2.45) is 5.73 Å². The first kappa shape index (κ1) is 11.9. The van der Waals surface area contributed by atoms with Gasteiger partial charge in [-0.05, 0) is 25.3 Å². The van der Waals surface area contributed by atoms with E-state index in [1.165, 1.54) is 12.1 Å². The van der Waals surface area contributed by atoms with Crippen LogP contribution < -0.4 is 5.73 Å². The molecule has 0 saturated carbocycles. The molecule has 1 atom stereocenters. The number of rotatable bonds is 5. The van der Waals surface area contributed by atoms with Crippen molar-refractivity contribution in [1.29, 1.82) is 0 Å². The van der Waals surface area contributed by atoms with E-state index in [-0.39, 0.29) is 5.56 Å². The predicted octanol–water partition coefficient (Wildman–Crippen LogP) is 3.32. The third-order valence-electron chi connectivity index (χ3n) is 2.30. The topological polar surface area (TPSA) is 26.0 Å². The van der Waals surface area contributed by atoms with Crippen LogP contribution in [0.4, 0.5) is 8.78 Å². The van der Waals surface area contributed by atoms with Gasteiger partial charge in [-0.25, -0.2) is 8.78 Å². The smallest absolute Gasteiger partial charge is 0.163 e. The molecule has 0 heterocycles. The van der Waals surface area contributed by atoms with Crippen LogP contribution in [0, 0.1) is 11.6 Å². The molecule has 0 fully saturated rings. The maximum atomic E-state index is 13.3. The summed E-state index contributed by atoms with van der Waals surface area (Å²) in [6.45, 7) is 3.59. The van der Waals surface area contributed by atoms with Gasteiger partial charge < -0.3 is 5.73 Å². The molecule has 1 unspecified atom stereocenters. The van der Waals surface area contributed by atoms with Gasteiger partial charge in [-0.3, -0.25) is 0 Å². The Hall–Kier alpha value is -1.22. The van der Waals surface area contributed by atoms with Gasteiger partial charge in [0.25, 0.3) is 0 Å². The second-order valence-corrected chi connectivity index (χ2v) is 3.47. The summed E-state index contributed by atoms with van der Waals surface area (Å²) in [5.41, 5.74) is 6.01. The third-order valence-corrected chi connectivity index (χ3v) is 2.30. The number of allylic oxidation sites excluding steroid dienone is 1. The first-order valence-electron chi connectivity index (χ1n) is 4.97. The largest absolute Gasteiger partial charge is 0.324 e. The highest BCUT2D eigenvalue weighted by molar-refractivity contribution is 5.22. The Balaban J connectivity index is 2.68. The average Bonchev–Trinajstić information content (AvgIpc) is 2.22. The zero-order valence-corrected chi connectivity index (χ0v) is 8.55. The quantitative estimate of drug-likeness (QED) is 0.586. The minimum Gasteiger partial charge on any atom is -0.324 e. The van der Waals surface area contributed by atoms with Crippen molar-refractivity contribution in [3.63, 3.8) is 0 Å². The van der Waals surface area contributed by atoms with E-state index in [0.29, 0.717) is 6.42 Å². The van der Waals surface area contributed by atoms with Crippen LogP contribution >= 0.6 is 0 Å². The van der Waals surface area contributed by atoms with E-state index >= 15 is 0 Å². The van der Waals surface area contributed by atoms with Gasteiger partial charge in [0.1, 0.15) is 0 Å². The van der Waals surface area contributed by atoms with E-state index in [1.54, 1.807) is 6.08 Å². The Labute approximate surface area is 88.6 Å². The summed E-state index contributed by atoms with van der Waals surface area (Å²) in [6, 6.07) is 3.65. The SMILES string of the molecule is C=CCCCC(N)c1cccc(F)c1F. The van der Waals surface area contributed by atoms with E-state index < -0.39 is 17.7 Å². The molecule has 0 amide bonds. The number of unbranched alkanes of at least 4 members (excludes halogenated alkanes) is 1. The molecule has 0 saturated heterocycles. The summed E-state index contributed by atoms with van der Waals surface area (Å²) in [4.78, 5) is 0. The van der Waals surface area contributed by atoms with Crippen LogP contribution in [-0.2, 0) is 0 Å². The summed E-state index contributed by atoms with van der Waals surface area (Å²) >= 11 is 0. The lowest BCUT2D eigenvalue weighted by molar-refractivity contribution is 0.481. The third kappa shape index (κ3) is 3.13. The molecular formula is C12H15F2N. The van der Waals surface area contributed by atoms with Crippen molar-refractivity contribution in [1.82, 2.24) is 0 Å². The highest BCUT2D eigenvalue weighted by atomic mass is 19.2. The van der Waals surface area contributed by atoms with Gasteiger partial charge in [0, 0.05) is 11.6 Å². The zero-order chi connectivity index (χ0) is 11.3. The number of benzene rings is 1. The fourth-order valence-electron chi connectivity index (χ4n) is 1.44. The molecule has 0 aromatic heterocycles. The molecule has 1 aromatic rings. The van der Waals surface area contributed by atoms with Gasteiger partial charge in [0.15, 0.2) is 11.6 Å². The fourth-order valence-corrected chi connectivity index (χ4v) is 1.44. The Morgan fingerprint density at radius 1 is 1.40 bits per heavy atom. The van der Waals surface area contributed by atoms with E-state index in [9.17, 15) is 8.78 Å². The maximum Gasteiger partial charge on any atom is 0.163 e. The van der Waals surface area contributed by atoms with Crippen LogP contribution in [0.25, 0.3) is 0 Å². The van der Waals surface area contributed by atoms with Crippen LogP contribution in [0.15, 0.2) is 30.9 Å². The Kier molecular flexibility index (Phi) is 4.43. The summed E-state index contributed by atoms with van der Waals surface area (Å²) in [7, 11) is 0. The van der Waals surface area contributed by atoms with Crippen LogP contribution in [0.1, 0.15) is 30.9 Å². The van der Waals surface area contributed by atoms with Gasteiger partial charge in [-0.1, -0.05) is 18.2 Å². The summed E-state index contributed by atoms with van der Waals surface area (Å²) in [5.74, 6) is -1.67. The van der Waals surface area contributed by atoms with E-state index in [1.807, 2.05) is 0 Å². The first-order chi connectivity index (χ1) is 7.16. The zero-order valence-electron chi connectivity index (χ0n) is 8.55. The predicted molar refractivity (Wildman–Crippen MR) is 57.3 cm³/mol. The van der Waals surface area contributed by atoms with Gasteiger partial charge in [0.2, 0.25) is 0 Å². The van der Waals surface area contributed by atoms with Crippen LogP contribution in [0.5, 0.6) is 0 Å². The van der Waals surface area contributed by atoms with Gasteiger partial charge in [0.05, 0.1) is 0 Å².